The summed E-state index contributed by atoms with van der Waals surface area (Å²) in [6, 6.07) is 5.17. The largest absolute Gasteiger partial charge is 0.436 e. The molecule has 0 fully saturated rings. The third-order valence-corrected chi connectivity index (χ3v) is 5.91. The first-order chi connectivity index (χ1) is 14.1. The van der Waals surface area contributed by atoms with Crippen LogP contribution in [0.4, 0.5) is 18.9 Å². The standard InChI is InChI=1S/C18H15BrCl2F3N5O/c1-10-16(19)17(18(22,23)24)27-29(10)6-5-15(30)26-11-7-25-28(8-11)9-12-13(20)3-2-4-14(12)21/h2-4,7-8H,5-6,9H2,1H3,(H,26,30). The number of amides is 1. The first kappa shape index (κ1) is 22.6. The lowest BCUT2D eigenvalue weighted by molar-refractivity contribution is -0.142. The van der Waals surface area contributed by atoms with Crippen molar-refractivity contribution in [2.24, 2.45) is 0 Å². The number of aryl methyl sites for hydroxylation is 1. The molecule has 0 spiro atoms. The predicted octanol–water partition coefficient (Wildman–Crippen LogP) is 5.55. The molecule has 0 bridgehead atoms. The van der Waals surface area contributed by atoms with E-state index in [4.69, 9.17) is 23.2 Å². The topological polar surface area (TPSA) is 64.7 Å². The van der Waals surface area contributed by atoms with Crippen molar-refractivity contribution in [3.8, 4) is 0 Å². The Morgan fingerprint density at radius 2 is 1.93 bits per heavy atom. The van der Waals surface area contributed by atoms with Crippen LogP contribution in [0.1, 0.15) is 23.4 Å². The lowest BCUT2D eigenvalue weighted by Gasteiger charge is -2.07. The van der Waals surface area contributed by atoms with E-state index in [1.807, 2.05) is 0 Å². The minimum atomic E-state index is -4.57. The average Bonchev–Trinajstić information content (AvgIpc) is 3.21. The normalized spacial score (nSPS) is 11.7. The molecule has 6 nitrogen and oxygen atoms in total. The monoisotopic (exact) mass is 523 g/mol. The Morgan fingerprint density at radius 1 is 1.27 bits per heavy atom. The zero-order valence-electron chi connectivity index (χ0n) is 15.5. The second kappa shape index (κ2) is 8.99. The van der Waals surface area contributed by atoms with E-state index in [2.05, 4.69) is 31.4 Å². The van der Waals surface area contributed by atoms with Gasteiger partial charge in [-0.1, -0.05) is 29.3 Å². The first-order valence-electron chi connectivity index (χ1n) is 8.61. The minimum Gasteiger partial charge on any atom is -0.323 e. The van der Waals surface area contributed by atoms with Crippen LogP contribution < -0.4 is 5.32 Å². The lowest BCUT2D eigenvalue weighted by atomic mass is 10.2. The maximum atomic E-state index is 12.9. The van der Waals surface area contributed by atoms with Crippen molar-refractivity contribution in [2.75, 3.05) is 5.32 Å². The van der Waals surface area contributed by atoms with Crippen molar-refractivity contribution in [1.82, 2.24) is 19.6 Å². The molecule has 0 saturated heterocycles. The van der Waals surface area contributed by atoms with Gasteiger partial charge in [-0.25, -0.2) is 0 Å². The molecule has 2 aromatic heterocycles. The fraction of sp³-hybridized carbons (Fsp3) is 0.278. The number of alkyl halides is 3. The van der Waals surface area contributed by atoms with Crippen LogP contribution in [0, 0.1) is 6.92 Å². The second-order valence-corrected chi connectivity index (χ2v) is 8.00. The molecule has 3 rings (SSSR count). The van der Waals surface area contributed by atoms with E-state index < -0.39 is 11.9 Å². The van der Waals surface area contributed by atoms with Crippen LogP contribution in [0.5, 0.6) is 0 Å². The van der Waals surface area contributed by atoms with Crippen LogP contribution in [0.15, 0.2) is 35.1 Å². The zero-order valence-corrected chi connectivity index (χ0v) is 18.6. The molecule has 0 unspecified atom stereocenters. The molecule has 160 valence electrons. The Hall–Kier alpha value is -2.04. The van der Waals surface area contributed by atoms with Crippen LogP contribution in [-0.4, -0.2) is 25.5 Å². The molecule has 0 aliphatic rings. The van der Waals surface area contributed by atoms with Gasteiger partial charge in [0.05, 0.1) is 35.1 Å². The van der Waals surface area contributed by atoms with E-state index in [1.165, 1.54) is 13.1 Å². The van der Waals surface area contributed by atoms with Gasteiger partial charge in [0.25, 0.3) is 0 Å². The molecule has 0 atom stereocenters. The summed E-state index contributed by atoms with van der Waals surface area (Å²) in [5.41, 5.74) is 0.416. The lowest BCUT2D eigenvalue weighted by Crippen LogP contribution is -2.16. The van der Waals surface area contributed by atoms with Crippen molar-refractivity contribution < 1.29 is 18.0 Å². The van der Waals surface area contributed by atoms with Gasteiger partial charge in [-0.05, 0) is 35.0 Å². The number of halogens is 6. The summed E-state index contributed by atoms with van der Waals surface area (Å²) >= 11 is 15.2. The Morgan fingerprint density at radius 3 is 2.53 bits per heavy atom. The van der Waals surface area contributed by atoms with Crippen LogP contribution in [0.25, 0.3) is 0 Å². The van der Waals surface area contributed by atoms with Gasteiger partial charge < -0.3 is 5.32 Å². The first-order valence-corrected chi connectivity index (χ1v) is 10.2. The number of hydrogen-bond acceptors (Lipinski definition) is 3. The molecule has 3 aromatic rings. The third kappa shape index (κ3) is 5.16. The summed E-state index contributed by atoms with van der Waals surface area (Å²) in [7, 11) is 0. The number of aromatic nitrogens is 4. The highest BCUT2D eigenvalue weighted by Crippen LogP contribution is 2.35. The van der Waals surface area contributed by atoms with E-state index in [0.29, 0.717) is 33.5 Å². The number of carbonyl (C=O) groups is 1. The Balaban J connectivity index is 1.60. The molecule has 0 saturated carbocycles. The molecule has 2 heterocycles. The van der Waals surface area contributed by atoms with E-state index in [-0.39, 0.29) is 23.3 Å². The summed E-state index contributed by atoms with van der Waals surface area (Å²) < 4.78 is 41.4. The van der Waals surface area contributed by atoms with E-state index in [0.717, 1.165) is 4.68 Å². The number of anilines is 1. The molecular weight excluding hydrogens is 510 g/mol. The quantitative estimate of drug-likeness (QED) is 0.459. The molecular formula is C18H15BrCl2F3N5O. The number of hydrogen-bond donors (Lipinski definition) is 1. The Kier molecular flexibility index (Phi) is 6.78. The fourth-order valence-electron chi connectivity index (χ4n) is 2.71. The summed E-state index contributed by atoms with van der Waals surface area (Å²) in [5.74, 6) is -0.384. The predicted molar refractivity (Wildman–Crippen MR) is 111 cm³/mol. The maximum absolute atomic E-state index is 12.9. The minimum absolute atomic E-state index is 0.00425. The van der Waals surface area contributed by atoms with Gasteiger partial charge in [-0.3, -0.25) is 14.2 Å². The van der Waals surface area contributed by atoms with Crippen LogP contribution in [0.2, 0.25) is 10.0 Å². The van der Waals surface area contributed by atoms with E-state index in [1.54, 1.807) is 29.1 Å². The van der Waals surface area contributed by atoms with Crippen LogP contribution in [-0.2, 0) is 24.1 Å². The fourth-order valence-corrected chi connectivity index (χ4v) is 3.74. The smallest absolute Gasteiger partial charge is 0.323 e. The van der Waals surface area contributed by atoms with Crippen molar-refractivity contribution in [3.05, 3.63) is 62.1 Å². The molecule has 0 aliphatic carbocycles. The SMILES string of the molecule is Cc1c(Br)c(C(F)(F)F)nn1CCC(=O)Nc1cnn(Cc2c(Cl)cccc2Cl)c1. The zero-order chi connectivity index (χ0) is 22.1. The van der Waals surface area contributed by atoms with Gasteiger partial charge >= 0.3 is 6.18 Å². The van der Waals surface area contributed by atoms with Gasteiger partial charge in [0.15, 0.2) is 5.69 Å². The number of rotatable bonds is 6. The van der Waals surface area contributed by atoms with Gasteiger partial charge in [0, 0.05) is 28.2 Å². The molecule has 1 aromatic carbocycles. The van der Waals surface area contributed by atoms with Gasteiger partial charge in [0.2, 0.25) is 5.91 Å². The van der Waals surface area contributed by atoms with Gasteiger partial charge in [-0.15, -0.1) is 0 Å². The van der Waals surface area contributed by atoms with Crippen molar-refractivity contribution in [2.45, 2.75) is 32.6 Å². The van der Waals surface area contributed by atoms with Crippen molar-refractivity contribution >= 4 is 50.7 Å². The number of carbonyl (C=O) groups excluding carboxylic acids is 1. The highest BCUT2D eigenvalue weighted by molar-refractivity contribution is 9.10. The Bertz CT molecular complexity index is 1060. The molecule has 0 radical (unpaired) electrons. The van der Waals surface area contributed by atoms with E-state index in [9.17, 15) is 18.0 Å². The maximum Gasteiger partial charge on any atom is 0.436 e. The highest BCUT2D eigenvalue weighted by atomic mass is 79.9. The number of nitrogens with zero attached hydrogens (tertiary/aromatic N) is 4. The second-order valence-electron chi connectivity index (χ2n) is 6.39. The summed E-state index contributed by atoms with van der Waals surface area (Å²) in [4.78, 5) is 12.2. The molecule has 1 N–H and O–H groups in total. The van der Waals surface area contributed by atoms with Crippen molar-refractivity contribution in [3.63, 3.8) is 0 Å². The van der Waals surface area contributed by atoms with Crippen molar-refractivity contribution in [1.29, 1.82) is 0 Å². The van der Waals surface area contributed by atoms with E-state index >= 15 is 0 Å². The Labute approximate surface area is 188 Å². The number of nitrogens with one attached hydrogen (secondary N) is 1. The summed E-state index contributed by atoms with van der Waals surface area (Å²) in [5, 5.41) is 11.4. The molecule has 12 heteroatoms. The average molecular weight is 525 g/mol. The third-order valence-electron chi connectivity index (χ3n) is 4.25. The molecule has 30 heavy (non-hydrogen) atoms. The summed E-state index contributed by atoms with van der Waals surface area (Å²) in [6.07, 6.45) is -1.57. The highest BCUT2D eigenvalue weighted by Gasteiger charge is 2.37. The van der Waals surface area contributed by atoms with Gasteiger partial charge in [0.1, 0.15) is 0 Å². The van der Waals surface area contributed by atoms with Gasteiger partial charge in [-0.2, -0.15) is 23.4 Å². The summed E-state index contributed by atoms with van der Waals surface area (Å²) in [6.45, 7) is 1.80. The molecule has 1 amide bonds. The molecule has 0 aliphatic heterocycles. The van der Waals surface area contributed by atoms with Crippen LogP contribution >= 0.6 is 39.1 Å². The number of benzene rings is 1. The van der Waals surface area contributed by atoms with Crippen LogP contribution in [0.3, 0.4) is 0 Å².